The molecule has 36 heavy (non-hydrogen) atoms. The van der Waals surface area contributed by atoms with E-state index in [2.05, 4.69) is 58.9 Å². The number of aryl methyl sites for hydroxylation is 2. The van der Waals surface area contributed by atoms with Crippen LogP contribution < -0.4 is 9.05 Å². The second-order valence-electron chi connectivity index (χ2n) is 12.4. The van der Waals surface area contributed by atoms with Gasteiger partial charge in [0.25, 0.3) is 0 Å². The molecule has 0 saturated heterocycles. The van der Waals surface area contributed by atoms with Crippen molar-refractivity contribution in [3.63, 3.8) is 0 Å². The summed E-state index contributed by atoms with van der Waals surface area (Å²) in [5, 5.41) is 0. The molecule has 2 aromatic rings. The number of rotatable bonds is 4. The topological polar surface area (TPSA) is 18.5 Å². The van der Waals surface area contributed by atoms with Gasteiger partial charge in [-0.3, -0.25) is 0 Å². The molecule has 5 rings (SSSR count). The van der Waals surface area contributed by atoms with E-state index in [0.29, 0.717) is 0 Å². The van der Waals surface area contributed by atoms with E-state index in [0.717, 1.165) is 50.0 Å². The van der Waals surface area contributed by atoms with Crippen LogP contribution in [0.3, 0.4) is 0 Å². The third-order valence-electron chi connectivity index (χ3n) is 9.39. The van der Waals surface area contributed by atoms with Crippen LogP contribution in [0, 0.1) is 13.8 Å². The molecule has 2 aliphatic carbocycles. The van der Waals surface area contributed by atoms with Crippen LogP contribution in [0.5, 0.6) is 11.5 Å². The maximum Gasteiger partial charge on any atom is 0.505 e. The first-order valence-corrected chi connectivity index (χ1v) is 15.4. The normalized spacial score (nSPS) is 24.9. The fourth-order valence-electron chi connectivity index (χ4n) is 7.35. The number of benzene rings is 2. The molecule has 0 unspecified atom stereocenters. The average Bonchev–Trinajstić information content (AvgIpc) is 2.84. The molecule has 0 bridgehead atoms. The van der Waals surface area contributed by atoms with Crippen LogP contribution in [0.1, 0.15) is 137 Å². The van der Waals surface area contributed by atoms with Gasteiger partial charge in [0.15, 0.2) is 0 Å². The Balaban J connectivity index is 1.73. The van der Waals surface area contributed by atoms with Gasteiger partial charge < -0.3 is 9.05 Å². The molecule has 4 heteroatoms. The van der Waals surface area contributed by atoms with Crippen molar-refractivity contribution in [1.29, 1.82) is 0 Å². The van der Waals surface area contributed by atoms with Gasteiger partial charge in [-0.05, 0) is 56.8 Å². The van der Waals surface area contributed by atoms with Gasteiger partial charge in [0.2, 0.25) is 0 Å². The molecule has 3 aliphatic rings. The molecule has 2 fully saturated rings. The average molecular weight is 511 g/mol. The summed E-state index contributed by atoms with van der Waals surface area (Å²) in [5.74, 6) is 1.68. The monoisotopic (exact) mass is 510 g/mol. The van der Waals surface area contributed by atoms with E-state index < -0.39 is 8.69 Å². The number of fused-ring (bicyclic) bond motifs is 2. The van der Waals surface area contributed by atoms with Gasteiger partial charge in [0.1, 0.15) is 11.5 Å². The molecule has 0 N–H and O–H groups in total. The van der Waals surface area contributed by atoms with E-state index in [4.69, 9.17) is 9.05 Å². The molecule has 0 atom stereocenters. The lowest BCUT2D eigenvalue weighted by Gasteiger charge is -2.39. The first kappa shape index (κ1) is 26.0. The molecule has 0 aromatic heterocycles. The van der Waals surface area contributed by atoms with Gasteiger partial charge in [0.05, 0.1) is 0 Å². The lowest BCUT2D eigenvalue weighted by Crippen LogP contribution is -2.28. The SMILES string of the molecule is CCCC1c2cc(C)cc(C3(C)CCCCC3)c2OP(F)Oc2c1cc(C)cc2C1(C)CCCCC1. The molecule has 2 aromatic carbocycles. The number of hydrogen-bond donors (Lipinski definition) is 0. The Hall–Kier alpha value is -1.60. The molecule has 0 radical (unpaired) electrons. The zero-order chi connectivity index (χ0) is 25.5. The Kier molecular flexibility index (Phi) is 7.43. The van der Waals surface area contributed by atoms with E-state index >= 15 is 4.20 Å². The van der Waals surface area contributed by atoms with Gasteiger partial charge in [-0.2, -0.15) is 0 Å². The standard InChI is InChI=1S/C32H44FO2P/c1-6-13-24-25-18-22(2)20-27(31(4)14-9-7-10-15-31)29(25)34-36(33)35-30-26(24)19-23(3)21-28(30)32(5)16-11-8-12-17-32/h18-21,24H,6-17H2,1-5H3. The van der Waals surface area contributed by atoms with Crippen molar-refractivity contribution < 1.29 is 13.2 Å². The molecule has 0 spiro atoms. The van der Waals surface area contributed by atoms with Crippen molar-refractivity contribution >= 4 is 8.69 Å². The van der Waals surface area contributed by atoms with Crippen LogP contribution in [0.2, 0.25) is 0 Å². The van der Waals surface area contributed by atoms with Crippen LogP contribution in [0.25, 0.3) is 0 Å². The third-order valence-corrected chi connectivity index (χ3v) is 10.0. The van der Waals surface area contributed by atoms with Crippen molar-refractivity contribution in [2.75, 3.05) is 0 Å². The van der Waals surface area contributed by atoms with Crippen LogP contribution >= 0.6 is 8.69 Å². The second-order valence-corrected chi connectivity index (χ2v) is 13.2. The van der Waals surface area contributed by atoms with Crippen LogP contribution in [-0.2, 0) is 10.8 Å². The van der Waals surface area contributed by atoms with Crippen LogP contribution in [0.15, 0.2) is 24.3 Å². The zero-order valence-electron chi connectivity index (χ0n) is 23.0. The highest BCUT2D eigenvalue weighted by Gasteiger charge is 2.40. The highest BCUT2D eigenvalue weighted by atomic mass is 31.2. The molecule has 1 aliphatic heterocycles. The summed E-state index contributed by atoms with van der Waals surface area (Å²) in [6, 6.07) is 9.08. The molecule has 2 nitrogen and oxygen atoms in total. The summed E-state index contributed by atoms with van der Waals surface area (Å²) in [6.07, 6.45) is 14.1. The minimum absolute atomic E-state index is 0.0245. The molecular weight excluding hydrogens is 466 g/mol. The maximum absolute atomic E-state index is 15.9. The predicted molar refractivity (Wildman–Crippen MR) is 149 cm³/mol. The van der Waals surface area contributed by atoms with Crippen molar-refractivity contribution in [1.82, 2.24) is 0 Å². The summed E-state index contributed by atoms with van der Waals surface area (Å²) in [7, 11) is -2.58. The summed E-state index contributed by atoms with van der Waals surface area (Å²) >= 11 is 0. The number of hydrogen-bond acceptors (Lipinski definition) is 2. The van der Waals surface area contributed by atoms with Crippen LogP contribution in [0.4, 0.5) is 4.20 Å². The van der Waals surface area contributed by atoms with Gasteiger partial charge in [-0.1, -0.05) is 101 Å². The van der Waals surface area contributed by atoms with E-state index in [1.807, 2.05) is 0 Å². The first-order chi connectivity index (χ1) is 17.2. The highest BCUT2D eigenvalue weighted by Crippen LogP contribution is 2.58. The molecule has 1 heterocycles. The fourth-order valence-corrected chi connectivity index (χ4v) is 8.08. The summed E-state index contributed by atoms with van der Waals surface area (Å²) in [4.78, 5) is 0. The maximum atomic E-state index is 15.9. The Bertz CT molecular complexity index is 1010. The first-order valence-electron chi connectivity index (χ1n) is 14.4. The Morgan fingerprint density at radius 2 is 1.17 bits per heavy atom. The molecular formula is C32H44FO2P. The zero-order valence-corrected chi connectivity index (χ0v) is 23.9. The highest BCUT2D eigenvalue weighted by molar-refractivity contribution is 7.42. The summed E-state index contributed by atoms with van der Waals surface area (Å²) in [6.45, 7) is 11.4. The van der Waals surface area contributed by atoms with Crippen molar-refractivity contribution in [3.05, 3.63) is 57.6 Å². The van der Waals surface area contributed by atoms with Crippen molar-refractivity contribution in [3.8, 4) is 11.5 Å². The molecule has 0 amide bonds. The minimum Gasteiger partial charge on any atom is -0.414 e. The second kappa shape index (κ2) is 10.3. The van der Waals surface area contributed by atoms with E-state index in [1.165, 1.54) is 71.9 Å². The number of halogens is 1. The van der Waals surface area contributed by atoms with Gasteiger partial charge in [0, 0.05) is 28.2 Å². The lowest BCUT2D eigenvalue weighted by molar-refractivity contribution is 0.304. The predicted octanol–water partition coefficient (Wildman–Crippen LogP) is 10.6. The quantitative estimate of drug-likeness (QED) is 0.381. The van der Waals surface area contributed by atoms with Crippen molar-refractivity contribution in [2.45, 2.75) is 128 Å². The van der Waals surface area contributed by atoms with E-state index in [-0.39, 0.29) is 16.7 Å². The Labute approximate surface area is 219 Å². The van der Waals surface area contributed by atoms with E-state index in [9.17, 15) is 0 Å². The van der Waals surface area contributed by atoms with E-state index in [1.54, 1.807) is 0 Å². The summed E-state index contributed by atoms with van der Waals surface area (Å²) in [5.41, 5.74) is 7.27. The minimum atomic E-state index is -2.58. The third kappa shape index (κ3) is 4.82. The molecule has 196 valence electrons. The van der Waals surface area contributed by atoms with Gasteiger partial charge >= 0.3 is 8.69 Å². The Morgan fingerprint density at radius 3 is 1.56 bits per heavy atom. The lowest BCUT2D eigenvalue weighted by atomic mass is 9.68. The largest absolute Gasteiger partial charge is 0.505 e. The van der Waals surface area contributed by atoms with Crippen molar-refractivity contribution in [2.24, 2.45) is 0 Å². The Morgan fingerprint density at radius 1 is 0.750 bits per heavy atom. The smallest absolute Gasteiger partial charge is 0.414 e. The summed E-state index contributed by atoms with van der Waals surface area (Å²) < 4.78 is 28.4. The molecule has 2 saturated carbocycles. The fraction of sp³-hybridized carbons (Fsp3) is 0.625. The van der Waals surface area contributed by atoms with Gasteiger partial charge in [-0.25, -0.2) is 0 Å². The van der Waals surface area contributed by atoms with Gasteiger partial charge in [-0.15, -0.1) is 4.20 Å². The van der Waals surface area contributed by atoms with Crippen LogP contribution in [-0.4, -0.2) is 0 Å².